The summed E-state index contributed by atoms with van der Waals surface area (Å²) in [4.78, 5) is 4.18. The molecule has 2 rings (SSSR count). The summed E-state index contributed by atoms with van der Waals surface area (Å²) >= 11 is 0. The van der Waals surface area contributed by atoms with Crippen LogP contribution < -0.4 is 10.6 Å². The maximum atomic E-state index is 13.5. The van der Waals surface area contributed by atoms with Crippen LogP contribution in [0.4, 0.5) is 4.39 Å². The summed E-state index contributed by atoms with van der Waals surface area (Å²) < 4.78 is 18.8. The van der Waals surface area contributed by atoms with Crippen LogP contribution in [-0.2, 0) is 11.3 Å². The van der Waals surface area contributed by atoms with Crippen molar-refractivity contribution in [3.63, 3.8) is 0 Å². The maximum Gasteiger partial charge on any atom is 0.191 e. The van der Waals surface area contributed by atoms with E-state index in [4.69, 9.17) is 4.74 Å². The Morgan fingerprint density at radius 1 is 1.35 bits per heavy atom. The molecule has 1 aromatic carbocycles. The minimum absolute atomic E-state index is 0. The van der Waals surface area contributed by atoms with Gasteiger partial charge in [0.15, 0.2) is 5.96 Å². The topological polar surface area (TPSA) is 45.7 Å². The number of aryl methyl sites for hydroxylation is 1. The largest absolute Gasteiger partial charge is 0.377 e. The summed E-state index contributed by atoms with van der Waals surface area (Å²) in [7, 11) is 1.73. The van der Waals surface area contributed by atoms with E-state index in [1.165, 1.54) is 5.57 Å². The van der Waals surface area contributed by atoms with Gasteiger partial charge in [-0.1, -0.05) is 23.8 Å². The maximum absolute atomic E-state index is 13.5. The van der Waals surface area contributed by atoms with Gasteiger partial charge >= 0.3 is 0 Å². The predicted molar refractivity (Wildman–Crippen MR) is 103 cm³/mol. The third-order valence-corrected chi connectivity index (χ3v) is 3.72. The number of aliphatic imine (C=N–C) groups is 1. The number of hydrogen-bond donors (Lipinski definition) is 2. The molecular weight excluding hydrogens is 408 g/mol. The summed E-state index contributed by atoms with van der Waals surface area (Å²) in [6.07, 6.45) is 4.15. The van der Waals surface area contributed by atoms with E-state index >= 15 is 0 Å². The Morgan fingerprint density at radius 3 is 2.83 bits per heavy atom. The van der Waals surface area contributed by atoms with Crippen molar-refractivity contribution in [3.8, 4) is 0 Å². The van der Waals surface area contributed by atoms with Crippen molar-refractivity contribution in [2.24, 2.45) is 4.99 Å². The van der Waals surface area contributed by atoms with Crippen molar-refractivity contribution in [2.75, 3.05) is 26.8 Å². The lowest BCUT2D eigenvalue weighted by atomic mass is 10.1. The Bertz CT molecular complexity index is 561. The molecule has 1 aromatic rings. The van der Waals surface area contributed by atoms with Gasteiger partial charge < -0.3 is 15.4 Å². The highest BCUT2D eigenvalue weighted by atomic mass is 127. The molecule has 0 saturated carbocycles. The molecule has 128 valence electrons. The Balaban J connectivity index is 0.00000264. The minimum atomic E-state index is -0.172. The fourth-order valence-corrected chi connectivity index (χ4v) is 2.29. The van der Waals surface area contributed by atoms with Gasteiger partial charge in [0.2, 0.25) is 0 Å². The van der Waals surface area contributed by atoms with Crippen LogP contribution in [0.15, 0.2) is 34.8 Å². The minimum Gasteiger partial charge on any atom is -0.377 e. The van der Waals surface area contributed by atoms with Crippen LogP contribution in [0.2, 0.25) is 0 Å². The molecule has 0 radical (unpaired) electrons. The molecule has 1 aliphatic heterocycles. The lowest BCUT2D eigenvalue weighted by Crippen LogP contribution is -2.37. The second kappa shape index (κ2) is 10.6. The average molecular weight is 433 g/mol. The van der Waals surface area contributed by atoms with Crippen molar-refractivity contribution in [2.45, 2.75) is 26.3 Å². The molecule has 0 aliphatic carbocycles. The van der Waals surface area contributed by atoms with Gasteiger partial charge in [0.25, 0.3) is 0 Å². The molecular formula is C17H25FIN3O. The Kier molecular flexibility index (Phi) is 9.16. The molecule has 0 fully saturated rings. The Hall–Kier alpha value is -1.15. The van der Waals surface area contributed by atoms with E-state index in [0.29, 0.717) is 12.1 Å². The van der Waals surface area contributed by atoms with Crippen LogP contribution in [0.3, 0.4) is 0 Å². The third kappa shape index (κ3) is 6.87. The molecule has 4 nitrogen and oxygen atoms in total. The fraction of sp³-hybridized carbons (Fsp3) is 0.471. The second-order valence-electron chi connectivity index (χ2n) is 5.37. The van der Waals surface area contributed by atoms with Crippen LogP contribution in [0.1, 0.15) is 24.0 Å². The van der Waals surface area contributed by atoms with E-state index in [1.54, 1.807) is 26.1 Å². The van der Waals surface area contributed by atoms with E-state index in [9.17, 15) is 4.39 Å². The average Bonchev–Trinajstić information content (AvgIpc) is 2.55. The van der Waals surface area contributed by atoms with Crippen LogP contribution in [-0.4, -0.2) is 32.8 Å². The number of hydrogen-bond acceptors (Lipinski definition) is 2. The molecule has 1 heterocycles. The molecule has 0 bridgehead atoms. The molecule has 2 N–H and O–H groups in total. The predicted octanol–water partition coefficient (Wildman–Crippen LogP) is 3.15. The summed E-state index contributed by atoms with van der Waals surface area (Å²) in [5, 5.41) is 6.47. The first-order valence-corrected chi connectivity index (χ1v) is 7.64. The van der Waals surface area contributed by atoms with E-state index in [-0.39, 0.29) is 29.8 Å². The van der Waals surface area contributed by atoms with Gasteiger partial charge in [-0.15, -0.1) is 24.0 Å². The highest BCUT2D eigenvalue weighted by molar-refractivity contribution is 14.0. The fourth-order valence-electron chi connectivity index (χ4n) is 2.29. The highest BCUT2D eigenvalue weighted by Gasteiger charge is 2.05. The van der Waals surface area contributed by atoms with Crippen molar-refractivity contribution in [1.29, 1.82) is 0 Å². The zero-order valence-electron chi connectivity index (χ0n) is 13.7. The molecule has 1 aliphatic rings. The summed E-state index contributed by atoms with van der Waals surface area (Å²) in [6, 6.07) is 5.27. The molecule has 0 saturated heterocycles. The standard InChI is InChI=1S/C17H24FN3O.HI/c1-13-3-4-15(11-16(13)18)12-21-17(19-2)20-8-5-14-6-9-22-10-7-14;/h3-4,6,11H,5,7-10,12H2,1-2H3,(H2,19,20,21);1H. The van der Waals surface area contributed by atoms with Crippen LogP contribution in [0, 0.1) is 12.7 Å². The zero-order valence-corrected chi connectivity index (χ0v) is 16.0. The Morgan fingerprint density at radius 2 is 2.17 bits per heavy atom. The van der Waals surface area contributed by atoms with Crippen LogP contribution in [0.5, 0.6) is 0 Å². The van der Waals surface area contributed by atoms with Crippen molar-refractivity contribution >= 4 is 29.9 Å². The monoisotopic (exact) mass is 433 g/mol. The summed E-state index contributed by atoms with van der Waals surface area (Å²) in [5.74, 6) is 0.558. The van der Waals surface area contributed by atoms with Gasteiger partial charge in [-0.3, -0.25) is 4.99 Å². The normalized spacial score (nSPS) is 14.7. The van der Waals surface area contributed by atoms with Crippen molar-refractivity contribution in [1.82, 2.24) is 10.6 Å². The van der Waals surface area contributed by atoms with Gasteiger partial charge in [0.1, 0.15) is 5.82 Å². The first-order chi connectivity index (χ1) is 10.7. The van der Waals surface area contributed by atoms with Crippen LogP contribution in [0.25, 0.3) is 0 Å². The summed E-state index contributed by atoms with van der Waals surface area (Å²) in [5.41, 5.74) is 2.99. The summed E-state index contributed by atoms with van der Waals surface area (Å²) in [6.45, 7) is 4.68. The number of halogens is 2. The van der Waals surface area contributed by atoms with Crippen molar-refractivity contribution < 1.29 is 9.13 Å². The van der Waals surface area contributed by atoms with Gasteiger partial charge in [-0.25, -0.2) is 4.39 Å². The second-order valence-corrected chi connectivity index (χ2v) is 5.37. The SMILES string of the molecule is CN=C(NCCC1=CCOCC1)NCc1ccc(C)c(F)c1.I. The van der Waals surface area contributed by atoms with Gasteiger partial charge in [-0.05, 0) is 37.0 Å². The van der Waals surface area contributed by atoms with E-state index < -0.39 is 0 Å². The van der Waals surface area contributed by atoms with Gasteiger partial charge in [0, 0.05) is 20.1 Å². The van der Waals surface area contributed by atoms with Gasteiger partial charge in [-0.2, -0.15) is 0 Å². The lowest BCUT2D eigenvalue weighted by molar-refractivity contribution is 0.153. The van der Waals surface area contributed by atoms with Crippen LogP contribution >= 0.6 is 24.0 Å². The molecule has 0 unspecified atom stereocenters. The van der Waals surface area contributed by atoms with E-state index in [2.05, 4.69) is 21.7 Å². The van der Waals surface area contributed by atoms with Gasteiger partial charge in [0.05, 0.1) is 13.2 Å². The number of benzene rings is 1. The lowest BCUT2D eigenvalue weighted by Gasteiger charge is -2.15. The molecule has 0 aromatic heterocycles. The molecule has 6 heteroatoms. The number of rotatable bonds is 5. The zero-order chi connectivity index (χ0) is 15.8. The highest BCUT2D eigenvalue weighted by Crippen LogP contribution is 2.11. The number of ether oxygens (including phenoxy) is 1. The Labute approximate surface area is 154 Å². The first kappa shape index (κ1) is 19.9. The first-order valence-electron chi connectivity index (χ1n) is 7.64. The number of guanidine groups is 1. The molecule has 0 amide bonds. The quantitative estimate of drug-likeness (QED) is 0.325. The van der Waals surface area contributed by atoms with E-state index in [1.807, 2.05) is 6.07 Å². The number of nitrogens with zero attached hydrogens (tertiary/aromatic N) is 1. The third-order valence-electron chi connectivity index (χ3n) is 3.72. The van der Waals surface area contributed by atoms with E-state index in [0.717, 1.165) is 44.1 Å². The van der Waals surface area contributed by atoms with Crippen molar-refractivity contribution in [3.05, 3.63) is 46.8 Å². The number of nitrogens with one attached hydrogen (secondary N) is 2. The molecule has 0 spiro atoms. The smallest absolute Gasteiger partial charge is 0.191 e. The molecule has 23 heavy (non-hydrogen) atoms. The molecule has 0 atom stereocenters.